The Morgan fingerprint density at radius 3 is 2.74 bits per heavy atom. The van der Waals surface area contributed by atoms with E-state index in [0.29, 0.717) is 42.1 Å². The van der Waals surface area contributed by atoms with E-state index in [9.17, 15) is 9.59 Å². The Balaban J connectivity index is 1.39. The van der Waals surface area contributed by atoms with Crippen molar-refractivity contribution >= 4 is 34.4 Å². The number of likely N-dealkylation sites (tertiary alicyclic amines) is 1. The number of hydrogen-bond acceptors (Lipinski definition) is 3. The Morgan fingerprint density at radius 2 is 1.93 bits per heavy atom. The summed E-state index contributed by atoms with van der Waals surface area (Å²) in [5, 5.41) is 1.49. The molecular weight excluding hydrogens is 364 g/mol. The summed E-state index contributed by atoms with van der Waals surface area (Å²) in [4.78, 5) is 30.2. The predicted octanol–water partition coefficient (Wildman–Crippen LogP) is 4.12. The summed E-state index contributed by atoms with van der Waals surface area (Å²) in [5.41, 5.74) is 2.48. The zero-order chi connectivity index (χ0) is 18.6. The average Bonchev–Trinajstić information content (AvgIpc) is 3.21. The Bertz CT molecular complexity index is 1080. The number of nitrogens with one attached hydrogen (secondary N) is 1. The van der Waals surface area contributed by atoms with Crippen LogP contribution in [0.5, 0.6) is 0 Å². The minimum absolute atomic E-state index is 0.0176. The van der Waals surface area contributed by atoms with E-state index in [2.05, 4.69) is 4.98 Å². The number of aromatic nitrogens is 1. The first-order chi connectivity index (χ1) is 13.1. The van der Waals surface area contributed by atoms with Crippen LogP contribution in [0.2, 0.25) is 5.02 Å². The van der Waals surface area contributed by atoms with Crippen molar-refractivity contribution in [1.29, 1.82) is 0 Å². The van der Waals surface area contributed by atoms with Crippen LogP contribution in [0.1, 0.15) is 39.1 Å². The fraction of sp³-hybridized carbons (Fsp3) is 0.238. The SMILES string of the molecule is O=C1OC2(CCN(C(=O)c3c[nH]c4cc(Cl)ccc34)CC2)c2ccccc21. The van der Waals surface area contributed by atoms with Gasteiger partial charge in [-0.15, -0.1) is 0 Å². The minimum atomic E-state index is -0.599. The molecule has 5 rings (SSSR count). The van der Waals surface area contributed by atoms with E-state index >= 15 is 0 Å². The Labute approximate surface area is 160 Å². The highest BCUT2D eigenvalue weighted by Crippen LogP contribution is 2.44. The molecular formula is C21H17ClN2O3. The molecule has 27 heavy (non-hydrogen) atoms. The molecule has 1 spiro atoms. The summed E-state index contributed by atoms with van der Waals surface area (Å²) < 4.78 is 5.76. The number of carbonyl (C=O) groups excluding carboxylic acids is 2. The van der Waals surface area contributed by atoms with Crippen molar-refractivity contribution in [2.24, 2.45) is 0 Å². The van der Waals surface area contributed by atoms with Gasteiger partial charge >= 0.3 is 5.97 Å². The first-order valence-corrected chi connectivity index (χ1v) is 9.34. The second-order valence-electron chi connectivity index (χ2n) is 7.11. The van der Waals surface area contributed by atoms with Crippen LogP contribution in [-0.4, -0.2) is 34.8 Å². The van der Waals surface area contributed by atoms with Crippen LogP contribution in [0.3, 0.4) is 0 Å². The zero-order valence-electron chi connectivity index (χ0n) is 14.5. The summed E-state index contributed by atoms with van der Waals surface area (Å²) >= 11 is 6.02. The van der Waals surface area contributed by atoms with Gasteiger partial charge in [0.15, 0.2) is 0 Å². The van der Waals surface area contributed by atoms with E-state index in [1.165, 1.54) is 0 Å². The molecule has 3 aromatic rings. The normalized spacial score (nSPS) is 18.0. The molecule has 2 aromatic carbocycles. The molecule has 2 aliphatic rings. The van der Waals surface area contributed by atoms with Gasteiger partial charge in [0.1, 0.15) is 5.60 Å². The molecule has 3 heterocycles. The van der Waals surface area contributed by atoms with Gasteiger partial charge in [0.2, 0.25) is 0 Å². The summed E-state index contributed by atoms with van der Waals surface area (Å²) in [6, 6.07) is 13.0. The smallest absolute Gasteiger partial charge is 0.339 e. The van der Waals surface area contributed by atoms with Crippen molar-refractivity contribution < 1.29 is 14.3 Å². The summed E-state index contributed by atoms with van der Waals surface area (Å²) in [5.74, 6) is -0.282. The van der Waals surface area contributed by atoms with Crippen molar-refractivity contribution in [1.82, 2.24) is 9.88 Å². The topological polar surface area (TPSA) is 62.4 Å². The van der Waals surface area contributed by atoms with Crippen molar-refractivity contribution in [3.05, 3.63) is 70.4 Å². The number of aromatic amines is 1. The number of rotatable bonds is 1. The molecule has 6 heteroatoms. The van der Waals surface area contributed by atoms with Gasteiger partial charge in [0, 0.05) is 53.6 Å². The maximum Gasteiger partial charge on any atom is 0.339 e. The highest BCUT2D eigenvalue weighted by molar-refractivity contribution is 6.31. The van der Waals surface area contributed by atoms with Crippen molar-refractivity contribution in [2.75, 3.05) is 13.1 Å². The van der Waals surface area contributed by atoms with Gasteiger partial charge in [0.05, 0.1) is 11.1 Å². The fourth-order valence-corrected chi connectivity index (χ4v) is 4.41. The van der Waals surface area contributed by atoms with Crippen LogP contribution in [0, 0.1) is 0 Å². The van der Waals surface area contributed by atoms with Crippen LogP contribution in [0.25, 0.3) is 10.9 Å². The third-order valence-electron chi connectivity index (χ3n) is 5.66. The van der Waals surface area contributed by atoms with E-state index in [-0.39, 0.29) is 11.9 Å². The molecule has 0 atom stereocenters. The van der Waals surface area contributed by atoms with E-state index in [1.54, 1.807) is 18.3 Å². The first-order valence-electron chi connectivity index (χ1n) is 8.96. The molecule has 1 N–H and O–H groups in total. The van der Waals surface area contributed by atoms with Crippen molar-refractivity contribution in [2.45, 2.75) is 18.4 Å². The summed E-state index contributed by atoms with van der Waals surface area (Å²) in [6.07, 6.45) is 2.95. The largest absolute Gasteiger partial charge is 0.450 e. The number of ether oxygens (including phenoxy) is 1. The van der Waals surface area contributed by atoms with E-state index in [1.807, 2.05) is 35.2 Å². The number of fused-ring (bicyclic) bond motifs is 3. The molecule has 1 aromatic heterocycles. The standard InChI is InChI=1S/C21H17ClN2O3/c22-13-5-6-14-16(12-23-18(14)11-13)19(25)24-9-7-21(8-10-24)17-4-2-1-3-15(17)20(26)27-21/h1-6,11-12,23H,7-10H2. The van der Waals surface area contributed by atoms with Crippen molar-refractivity contribution in [3.8, 4) is 0 Å². The predicted molar refractivity (Wildman–Crippen MR) is 102 cm³/mol. The number of nitrogens with zero attached hydrogens (tertiary/aromatic N) is 1. The molecule has 5 nitrogen and oxygen atoms in total. The molecule has 136 valence electrons. The maximum atomic E-state index is 13.0. The minimum Gasteiger partial charge on any atom is -0.450 e. The average molecular weight is 381 g/mol. The first kappa shape index (κ1) is 16.4. The number of piperidine rings is 1. The Hall–Kier alpha value is -2.79. The number of benzene rings is 2. The lowest BCUT2D eigenvalue weighted by atomic mass is 9.83. The summed E-state index contributed by atoms with van der Waals surface area (Å²) in [7, 11) is 0. The number of H-pyrrole nitrogens is 1. The highest BCUT2D eigenvalue weighted by Gasteiger charge is 2.47. The summed E-state index contributed by atoms with van der Waals surface area (Å²) in [6.45, 7) is 1.08. The third-order valence-corrected chi connectivity index (χ3v) is 5.89. The van der Waals surface area contributed by atoms with Crippen molar-refractivity contribution in [3.63, 3.8) is 0 Å². The lowest BCUT2D eigenvalue weighted by molar-refractivity contribution is -0.0389. The van der Waals surface area contributed by atoms with E-state index in [0.717, 1.165) is 16.5 Å². The van der Waals surface area contributed by atoms with Crippen LogP contribution >= 0.6 is 11.6 Å². The van der Waals surface area contributed by atoms with Crippen LogP contribution in [0.4, 0.5) is 0 Å². The molecule has 0 saturated carbocycles. The Kier molecular flexibility index (Phi) is 3.56. The van der Waals surface area contributed by atoms with Gasteiger partial charge in [-0.05, 0) is 18.2 Å². The number of esters is 1. The second-order valence-corrected chi connectivity index (χ2v) is 7.55. The van der Waals surface area contributed by atoms with Gasteiger partial charge in [0.25, 0.3) is 5.91 Å². The monoisotopic (exact) mass is 380 g/mol. The lowest BCUT2D eigenvalue weighted by Gasteiger charge is -2.38. The highest BCUT2D eigenvalue weighted by atomic mass is 35.5. The van der Waals surface area contributed by atoms with Gasteiger partial charge in [-0.2, -0.15) is 0 Å². The molecule has 0 unspecified atom stereocenters. The Morgan fingerprint density at radius 1 is 1.15 bits per heavy atom. The number of carbonyl (C=O) groups is 2. The molecule has 0 bridgehead atoms. The third kappa shape index (κ3) is 2.46. The number of hydrogen-bond donors (Lipinski definition) is 1. The van der Waals surface area contributed by atoms with Crippen LogP contribution < -0.4 is 0 Å². The molecule has 1 saturated heterocycles. The molecule has 0 aliphatic carbocycles. The van der Waals surface area contributed by atoms with Gasteiger partial charge in [-0.25, -0.2) is 4.79 Å². The fourth-order valence-electron chi connectivity index (χ4n) is 4.23. The van der Waals surface area contributed by atoms with Gasteiger partial charge in [-0.1, -0.05) is 35.9 Å². The van der Waals surface area contributed by atoms with E-state index in [4.69, 9.17) is 16.3 Å². The number of amides is 1. The lowest BCUT2D eigenvalue weighted by Crippen LogP contribution is -2.45. The second kappa shape index (κ2) is 5.86. The van der Waals surface area contributed by atoms with Gasteiger partial charge < -0.3 is 14.6 Å². The molecule has 0 radical (unpaired) electrons. The van der Waals surface area contributed by atoms with Crippen LogP contribution in [0.15, 0.2) is 48.7 Å². The number of halogens is 1. The maximum absolute atomic E-state index is 13.0. The van der Waals surface area contributed by atoms with E-state index < -0.39 is 5.60 Å². The molecule has 2 aliphatic heterocycles. The quantitative estimate of drug-likeness (QED) is 0.646. The molecule has 1 amide bonds. The molecule has 1 fully saturated rings. The zero-order valence-corrected chi connectivity index (χ0v) is 15.3. The van der Waals surface area contributed by atoms with Gasteiger partial charge in [-0.3, -0.25) is 4.79 Å². The van der Waals surface area contributed by atoms with Crippen LogP contribution in [-0.2, 0) is 10.3 Å².